The molecule has 4 nitrogen and oxygen atoms in total. The van der Waals surface area contributed by atoms with Crippen molar-refractivity contribution in [2.24, 2.45) is 0 Å². The Kier molecular flexibility index (Phi) is 4.09. The van der Waals surface area contributed by atoms with E-state index in [9.17, 15) is 8.42 Å². The maximum atomic E-state index is 12.1. The highest BCUT2D eigenvalue weighted by Crippen LogP contribution is 2.19. The molecule has 0 aliphatic carbocycles. The Morgan fingerprint density at radius 3 is 2.42 bits per heavy atom. The molecule has 0 heterocycles. The molecule has 0 bridgehead atoms. The van der Waals surface area contributed by atoms with Gasteiger partial charge in [-0.05, 0) is 42.0 Å². The minimum atomic E-state index is -3.65. The second kappa shape index (κ2) is 5.61. The number of rotatable bonds is 4. The molecule has 0 aliphatic rings. The van der Waals surface area contributed by atoms with Gasteiger partial charge >= 0.3 is 0 Å². The van der Waals surface area contributed by atoms with Crippen LogP contribution in [0.3, 0.4) is 0 Å². The van der Waals surface area contributed by atoms with Crippen molar-refractivity contribution in [3.8, 4) is 0 Å². The van der Waals surface area contributed by atoms with Gasteiger partial charge in [-0.25, -0.2) is 8.42 Å². The van der Waals surface area contributed by atoms with E-state index in [1.807, 2.05) is 0 Å². The zero-order valence-corrected chi connectivity index (χ0v) is 11.4. The van der Waals surface area contributed by atoms with Crippen molar-refractivity contribution in [2.45, 2.75) is 11.5 Å². The average Bonchev–Trinajstić information content (AvgIpc) is 2.39. The Morgan fingerprint density at radius 1 is 1.11 bits per heavy atom. The molecule has 0 spiro atoms. The third kappa shape index (κ3) is 3.47. The second-order valence-electron chi connectivity index (χ2n) is 3.92. The SMILES string of the molecule is O=S(=O)(Nc1cccc(CO)c1)c1ccc(Cl)cc1. The van der Waals surface area contributed by atoms with Gasteiger partial charge in [0.05, 0.1) is 11.5 Å². The summed E-state index contributed by atoms with van der Waals surface area (Å²) in [6, 6.07) is 12.5. The predicted octanol–water partition coefficient (Wildman–Crippen LogP) is 2.63. The lowest BCUT2D eigenvalue weighted by atomic mass is 10.2. The highest BCUT2D eigenvalue weighted by Gasteiger charge is 2.13. The molecule has 6 heteroatoms. The first-order valence-electron chi connectivity index (χ1n) is 5.49. The van der Waals surface area contributed by atoms with Gasteiger partial charge in [-0.15, -0.1) is 0 Å². The first kappa shape index (κ1) is 13.9. The van der Waals surface area contributed by atoms with Crippen LogP contribution in [0.25, 0.3) is 0 Å². The summed E-state index contributed by atoms with van der Waals surface area (Å²) in [6.45, 7) is -0.142. The van der Waals surface area contributed by atoms with Gasteiger partial charge in [0.1, 0.15) is 0 Å². The van der Waals surface area contributed by atoms with Gasteiger partial charge in [-0.3, -0.25) is 4.72 Å². The lowest BCUT2D eigenvalue weighted by molar-refractivity contribution is 0.282. The Hall–Kier alpha value is -1.56. The maximum absolute atomic E-state index is 12.1. The van der Waals surface area contributed by atoms with Gasteiger partial charge in [-0.2, -0.15) is 0 Å². The lowest BCUT2D eigenvalue weighted by Crippen LogP contribution is -2.12. The lowest BCUT2D eigenvalue weighted by Gasteiger charge is -2.09. The van der Waals surface area contributed by atoms with E-state index in [2.05, 4.69) is 4.72 Å². The first-order valence-corrected chi connectivity index (χ1v) is 7.35. The molecule has 0 fully saturated rings. The van der Waals surface area contributed by atoms with Gasteiger partial charge in [0.15, 0.2) is 0 Å². The summed E-state index contributed by atoms with van der Waals surface area (Å²) in [5.41, 5.74) is 1.04. The highest BCUT2D eigenvalue weighted by atomic mass is 35.5. The van der Waals surface area contributed by atoms with Crippen LogP contribution in [0.1, 0.15) is 5.56 Å². The van der Waals surface area contributed by atoms with E-state index in [1.165, 1.54) is 24.3 Å². The minimum Gasteiger partial charge on any atom is -0.392 e. The molecular formula is C13H12ClNO3S. The third-order valence-corrected chi connectivity index (χ3v) is 4.13. The molecular weight excluding hydrogens is 286 g/mol. The van der Waals surface area contributed by atoms with E-state index < -0.39 is 10.0 Å². The molecule has 0 saturated heterocycles. The maximum Gasteiger partial charge on any atom is 0.261 e. The Labute approximate surface area is 116 Å². The summed E-state index contributed by atoms with van der Waals surface area (Å²) in [4.78, 5) is 0.131. The topological polar surface area (TPSA) is 66.4 Å². The fraction of sp³-hybridized carbons (Fsp3) is 0.0769. The summed E-state index contributed by atoms with van der Waals surface area (Å²) in [5.74, 6) is 0. The Bertz CT molecular complexity index is 669. The van der Waals surface area contributed by atoms with Crippen molar-refractivity contribution >= 4 is 27.3 Å². The quantitative estimate of drug-likeness (QED) is 0.911. The van der Waals surface area contributed by atoms with E-state index in [0.717, 1.165) is 0 Å². The van der Waals surface area contributed by atoms with Crippen LogP contribution in [0, 0.1) is 0 Å². The number of hydrogen-bond acceptors (Lipinski definition) is 3. The molecule has 0 aliphatic heterocycles. The number of aliphatic hydroxyl groups is 1. The normalized spacial score (nSPS) is 11.3. The molecule has 100 valence electrons. The average molecular weight is 298 g/mol. The summed E-state index contributed by atoms with van der Waals surface area (Å²) >= 11 is 5.72. The zero-order valence-electron chi connectivity index (χ0n) is 9.88. The highest BCUT2D eigenvalue weighted by molar-refractivity contribution is 7.92. The summed E-state index contributed by atoms with van der Waals surface area (Å²) in [6.07, 6.45) is 0. The van der Waals surface area contributed by atoms with Crippen LogP contribution in [0.4, 0.5) is 5.69 Å². The number of anilines is 1. The fourth-order valence-corrected chi connectivity index (χ4v) is 2.74. The number of hydrogen-bond donors (Lipinski definition) is 2. The minimum absolute atomic E-state index is 0.131. The molecule has 19 heavy (non-hydrogen) atoms. The predicted molar refractivity (Wildman–Crippen MR) is 74.6 cm³/mol. The van der Waals surface area contributed by atoms with E-state index in [1.54, 1.807) is 24.3 Å². The van der Waals surface area contributed by atoms with Gasteiger partial charge in [0, 0.05) is 10.7 Å². The van der Waals surface area contributed by atoms with Gasteiger partial charge in [0.25, 0.3) is 10.0 Å². The molecule has 0 atom stereocenters. The van der Waals surface area contributed by atoms with Crippen molar-refractivity contribution in [3.05, 3.63) is 59.1 Å². The Morgan fingerprint density at radius 2 is 1.79 bits per heavy atom. The van der Waals surface area contributed by atoms with Crippen LogP contribution in [-0.2, 0) is 16.6 Å². The number of aliphatic hydroxyl groups excluding tert-OH is 1. The summed E-state index contributed by atoms with van der Waals surface area (Å²) < 4.78 is 26.6. The molecule has 0 saturated carbocycles. The number of benzene rings is 2. The molecule has 0 amide bonds. The fourth-order valence-electron chi connectivity index (χ4n) is 1.56. The summed E-state index contributed by atoms with van der Waals surface area (Å²) in [5, 5.41) is 9.49. The molecule has 0 radical (unpaired) electrons. The standard InChI is InChI=1S/C13H12ClNO3S/c14-11-4-6-13(7-5-11)19(17,18)15-12-3-1-2-10(8-12)9-16/h1-8,15-16H,9H2. The van der Waals surface area contributed by atoms with Crippen molar-refractivity contribution in [2.75, 3.05) is 4.72 Å². The second-order valence-corrected chi connectivity index (χ2v) is 6.04. The van der Waals surface area contributed by atoms with Gasteiger partial charge in [-0.1, -0.05) is 23.7 Å². The van der Waals surface area contributed by atoms with Crippen LogP contribution < -0.4 is 4.72 Å². The van der Waals surface area contributed by atoms with Crippen LogP contribution in [0.5, 0.6) is 0 Å². The molecule has 0 aromatic heterocycles. The Balaban J connectivity index is 2.28. The van der Waals surface area contributed by atoms with Crippen LogP contribution in [0.15, 0.2) is 53.4 Å². The number of nitrogens with one attached hydrogen (secondary N) is 1. The van der Waals surface area contributed by atoms with Gasteiger partial charge < -0.3 is 5.11 Å². The van der Waals surface area contributed by atoms with E-state index in [4.69, 9.17) is 16.7 Å². The van der Waals surface area contributed by atoms with Gasteiger partial charge in [0.2, 0.25) is 0 Å². The van der Waals surface area contributed by atoms with E-state index in [-0.39, 0.29) is 11.5 Å². The van der Waals surface area contributed by atoms with Crippen LogP contribution in [0.2, 0.25) is 5.02 Å². The zero-order chi connectivity index (χ0) is 13.9. The molecule has 0 unspecified atom stereocenters. The van der Waals surface area contributed by atoms with Crippen molar-refractivity contribution < 1.29 is 13.5 Å². The van der Waals surface area contributed by atoms with Crippen molar-refractivity contribution in [1.29, 1.82) is 0 Å². The smallest absolute Gasteiger partial charge is 0.261 e. The van der Waals surface area contributed by atoms with Crippen LogP contribution >= 0.6 is 11.6 Å². The summed E-state index contributed by atoms with van der Waals surface area (Å²) in [7, 11) is -3.65. The first-order chi connectivity index (χ1) is 9.01. The molecule has 2 N–H and O–H groups in total. The van der Waals surface area contributed by atoms with E-state index in [0.29, 0.717) is 16.3 Å². The molecule has 2 rings (SSSR count). The largest absolute Gasteiger partial charge is 0.392 e. The van der Waals surface area contributed by atoms with Crippen molar-refractivity contribution in [1.82, 2.24) is 0 Å². The van der Waals surface area contributed by atoms with Crippen LogP contribution in [-0.4, -0.2) is 13.5 Å². The molecule has 2 aromatic carbocycles. The monoisotopic (exact) mass is 297 g/mol. The van der Waals surface area contributed by atoms with E-state index >= 15 is 0 Å². The number of halogens is 1. The van der Waals surface area contributed by atoms with Crippen molar-refractivity contribution in [3.63, 3.8) is 0 Å². The number of sulfonamides is 1. The third-order valence-electron chi connectivity index (χ3n) is 2.49. The molecule has 2 aromatic rings.